The minimum absolute atomic E-state index is 0.0159. The number of halogens is 1. The third-order valence-electron chi connectivity index (χ3n) is 4.90. The fourth-order valence-electron chi connectivity index (χ4n) is 3.39. The summed E-state index contributed by atoms with van der Waals surface area (Å²) in [6.07, 6.45) is 2.98. The highest BCUT2D eigenvalue weighted by Gasteiger charge is 2.19. The number of pyridine rings is 1. The molecule has 0 aliphatic heterocycles. The summed E-state index contributed by atoms with van der Waals surface area (Å²) in [5.74, 6) is -0.781. The van der Waals surface area contributed by atoms with Crippen LogP contribution in [-0.4, -0.2) is 29.0 Å². The number of nitrogens with zero attached hydrogens (tertiary/aromatic N) is 2. The Morgan fingerprint density at radius 3 is 2.76 bits per heavy atom. The van der Waals surface area contributed by atoms with Gasteiger partial charge in [0.05, 0.1) is 23.0 Å². The summed E-state index contributed by atoms with van der Waals surface area (Å²) in [7, 11) is -4.03. The average Bonchev–Trinajstić information content (AvgIpc) is 3.45. The van der Waals surface area contributed by atoms with Gasteiger partial charge in [-0.15, -0.1) is 11.3 Å². The number of carbonyl (C=O) groups excluding carboxylic acids is 1. The van der Waals surface area contributed by atoms with Crippen LogP contribution in [0.2, 0.25) is 0 Å². The van der Waals surface area contributed by atoms with Crippen molar-refractivity contribution in [1.82, 2.24) is 19.3 Å². The largest absolute Gasteiger partial charge is 0.345 e. The van der Waals surface area contributed by atoms with Crippen LogP contribution >= 0.6 is 11.3 Å². The number of nitrogens with one attached hydrogen (secondary N) is 3. The molecule has 0 radical (unpaired) electrons. The number of rotatable bonds is 4. The lowest BCUT2D eigenvalue weighted by molar-refractivity contribution is 0.256. The lowest BCUT2D eigenvalue weighted by atomic mass is 10.1. The number of H-pyrrole nitrogens is 1. The van der Waals surface area contributed by atoms with Gasteiger partial charge in [0.1, 0.15) is 10.0 Å². The second-order valence-electron chi connectivity index (χ2n) is 7.01. The van der Waals surface area contributed by atoms with E-state index in [1.54, 1.807) is 23.6 Å². The summed E-state index contributed by atoms with van der Waals surface area (Å²) in [6, 6.07) is 10.6. The molecule has 5 rings (SSSR count). The number of carbonyl (C=O) groups is 1. The molecule has 0 saturated carbocycles. The molecule has 166 valence electrons. The Morgan fingerprint density at radius 2 is 2.00 bits per heavy atom. The molecule has 2 amide bonds. The van der Waals surface area contributed by atoms with Crippen molar-refractivity contribution < 1.29 is 17.6 Å². The van der Waals surface area contributed by atoms with E-state index in [0.717, 1.165) is 27.5 Å². The summed E-state index contributed by atoms with van der Waals surface area (Å²) in [6.45, 7) is 0. The summed E-state index contributed by atoms with van der Waals surface area (Å²) in [4.78, 5) is 32.2. The minimum Gasteiger partial charge on any atom is -0.345 e. The van der Waals surface area contributed by atoms with Crippen molar-refractivity contribution in [2.45, 2.75) is 4.21 Å². The number of aromatic amines is 1. The Hall–Kier alpha value is -4.03. The normalized spacial score (nSPS) is 11.7. The molecular weight excluding hydrogens is 469 g/mol. The molecule has 0 fully saturated rings. The van der Waals surface area contributed by atoms with Gasteiger partial charge in [0.25, 0.3) is 15.6 Å². The van der Waals surface area contributed by atoms with Gasteiger partial charge in [-0.1, -0.05) is 6.07 Å². The number of urea groups is 1. The van der Waals surface area contributed by atoms with Gasteiger partial charge in [-0.05, 0) is 53.2 Å². The molecule has 3 heterocycles. The van der Waals surface area contributed by atoms with E-state index in [4.69, 9.17) is 0 Å². The number of fused-ring (bicyclic) bond motifs is 2. The molecule has 0 bridgehead atoms. The van der Waals surface area contributed by atoms with Crippen molar-refractivity contribution in [3.05, 3.63) is 82.6 Å². The Morgan fingerprint density at radius 1 is 1.15 bits per heavy atom. The maximum absolute atomic E-state index is 14.9. The second-order valence-corrected chi connectivity index (χ2v) is 9.86. The number of benzene rings is 2. The molecule has 0 atom stereocenters. The van der Waals surface area contributed by atoms with E-state index in [1.165, 1.54) is 36.8 Å². The standard InChI is InChI=1S/C21H14FN5O4S2/c22-15-9-13(25-21(29)26-33(30,31)19-2-1-7-32-19)3-4-18(15)27-6-5-12-8-16-17(24-11-23-16)10-14(12)20(27)28/h1-11H,(H,23,24)(H2,25,26,29). The van der Waals surface area contributed by atoms with E-state index in [2.05, 4.69) is 15.3 Å². The number of hydrogen-bond donors (Lipinski definition) is 3. The number of hydrogen-bond acceptors (Lipinski definition) is 6. The van der Waals surface area contributed by atoms with Crippen LogP contribution < -0.4 is 15.6 Å². The van der Waals surface area contributed by atoms with Crippen LogP contribution in [0.1, 0.15) is 0 Å². The van der Waals surface area contributed by atoms with E-state index in [-0.39, 0.29) is 15.6 Å². The Labute approximate surface area is 189 Å². The number of aromatic nitrogens is 3. The first-order valence-electron chi connectivity index (χ1n) is 9.47. The van der Waals surface area contributed by atoms with Gasteiger partial charge in [-0.2, -0.15) is 0 Å². The van der Waals surface area contributed by atoms with Crippen molar-refractivity contribution in [3.63, 3.8) is 0 Å². The highest BCUT2D eigenvalue weighted by Crippen LogP contribution is 2.21. The molecule has 33 heavy (non-hydrogen) atoms. The van der Waals surface area contributed by atoms with Crippen molar-refractivity contribution in [1.29, 1.82) is 0 Å². The van der Waals surface area contributed by atoms with Gasteiger partial charge in [-0.3, -0.25) is 9.36 Å². The summed E-state index contributed by atoms with van der Waals surface area (Å²) in [5.41, 5.74) is 0.946. The van der Waals surface area contributed by atoms with Crippen LogP contribution in [0.3, 0.4) is 0 Å². The highest BCUT2D eigenvalue weighted by atomic mass is 32.2. The van der Waals surface area contributed by atoms with E-state index in [9.17, 15) is 22.4 Å². The lowest BCUT2D eigenvalue weighted by Crippen LogP contribution is -2.34. The molecule has 5 aromatic rings. The second kappa shape index (κ2) is 7.83. The molecule has 0 unspecified atom stereocenters. The molecule has 0 aliphatic rings. The van der Waals surface area contributed by atoms with Crippen molar-refractivity contribution in [2.75, 3.05) is 5.32 Å². The molecule has 12 heteroatoms. The zero-order chi connectivity index (χ0) is 23.2. The smallest absolute Gasteiger partial charge is 0.333 e. The Bertz CT molecular complexity index is 1690. The SMILES string of the molecule is O=C(Nc1ccc(-n2ccc3cc4[nH]cnc4cc3c2=O)c(F)c1)NS(=O)(=O)c1cccs1. The molecule has 0 saturated heterocycles. The fourth-order valence-corrected chi connectivity index (χ4v) is 5.29. The zero-order valence-electron chi connectivity index (χ0n) is 16.6. The van der Waals surface area contributed by atoms with Crippen molar-refractivity contribution >= 4 is 54.9 Å². The van der Waals surface area contributed by atoms with E-state index in [1.807, 2.05) is 4.72 Å². The lowest BCUT2D eigenvalue weighted by Gasteiger charge is -2.11. The maximum atomic E-state index is 14.9. The summed E-state index contributed by atoms with van der Waals surface area (Å²) >= 11 is 0.955. The molecule has 0 aliphatic carbocycles. The summed E-state index contributed by atoms with van der Waals surface area (Å²) in [5, 5.41) is 4.89. The van der Waals surface area contributed by atoms with Gasteiger partial charge in [0.2, 0.25) is 0 Å². The first-order chi connectivity index (χ1) is 15.8. The molecule has 3 aromatic heterocycles. The zero-order valence-corrected chi connectivity index (χ0v) is 18.2. The third kappa shape index (κ3) is 3.85. The first-order valence-corrected chi connectivity index (χ1v) is 11.8. The van der Waals surface area contributed by atoms with E-state index >= 15 is 0 Å². The van der Waals surface area contributed by atoms with Gasteiger partial charge >= 0.3 is 6.03 Å². The predicted octanol–water partition coefficient (Wildman–Crippen LogP) is 3.58. The van der Waals surface area contributed by atoms with E-state index < -0.39 is 27.4 Å². The van der Waals surface area contributed by atoms with Crippen LogP contribution in [0.5, 0.6) is 0 Å². The van der Waals surface area contributed by atoms with E-state index in [0.29, 0.717) is 16.3 Å². The maximum Gasteiger partial charge on any atom is 0.333 e. The predicted molar refractivity (Wildman–Crippen MR) is 123 cm³/mol. The van der Waals surface area contributed by atoms with Gasteiger partial charge in [0, 0.05) is 17.3 Å². The van der Waals surface area contributed by atoms with Crippen LogP contribution in [0.25, 0.3) is 27.5 Å². The Balaban J connectivity index is 1.42. The third-order valence-corrected chi connectivity index (χ3v) is 7.62. The summed E-state index contributed by atoms with van der Waals surface area (Å²) < 4.78 is 42.1. The van der Waals surface area contributed by atoms with Gasteiger partial charge < -0.3 is 10.3 Å². The van der Waals surface area contributed by atoms with Crippen LogP contribution in [0, 0.1) is 5.82 Å². The number of thiophene rings is 1. The van der Waals surface area contributed by atoms with Crippen LogP contribution in [0.15, 0.2) is 75.4 Å². The fraction of sp³-hybridized carbons (Fsp3) is 0. The van der Waals surface area contributed by atoms with Crippen LogP contribution in [0.4, 0.5) is 14.9 Å². The Kier molecular flexibility index (Phi) is 4.95. The quantitative estimate of drug-likeness (QED) is 0.360. The molecule has 9 nitrogen and oxygen atoms in total. The first kappa shape index (κ1) is 20.8. The number of amides is 2. The number of imidazole rings is 1. The van der Waals surface area contributed by atoms with Gasteiger partial charge in [0.15, 0.2) is 0 Å². The van der Waals surface area contributed by atoms with Crippen molar-refractivity contribution in [2.24, 2.45) is 0 Å². The minimum atomic E-state index is -4.03. The number of sulfonamides is 1. The molecule has 0 spiro atoms. The molecule has 3 N–H and O–H groups in total. The molecule has 2 aromatic carbocycles. The average molecular weight is 484 g/mol. The topological polar surface area (TPSA) is 126 Å². The molecular formula is C21H14FN5O4S2. The van der Waals surface area contributed by atoms with Crippen molar-refractivity contribution in [3.8, 4) is 5.69 Å². The van der Waals surface area contributed by atoms with Crippen LogP contribution in [-0.2, 0) is 10.0 Å². The highest BCUT2D eigenvalue weighted by molar-refractivity contribution is 7.92. The monoisotopic (exact) mass is 483 g/mol. The number of anilines is 1. The van der Waals surface area contributed by atoms with Gasteiger partial charge in [-0.25, -0.2) is 27.3 Å².